The average molecular weight is 277 g/mol. The first-order valence-electron chi connectivity index (χ1n) is 5.79. The molecular weight excluding hydrogens is 263 g/mol. The predicted octanol–water partition coefficient (Wildman–Crippen LogP) is 1.41. The van der Waals surface area contributed by atoms with Crippen LogP contribution in [0, 0.1) is 0 Å². The number of carbonyl (C=O) groups excluding carboxylic acids is 1. The zero-order valence-electron chi connectivity index (χ0n) is 10.0. The molecule has 1 aromatic heterocycles. The Hall–Kier alpha value is -1.54. The number of alkyl halides is 3. The van der Waals surface area contributed by atoms with E-state index in [2.05, 4.69) is 0 Å². The highest BCUT2D eigenvalue weighted by molar-refractivity contribution is 5.94. The Morgan fingerprint density at radius 2 is 2.21 bits per heavy atom. The number of halogens is 3. The third kappa shape index (κ3) is 3.71. The van der Waals surface area contributed by atoms with Crippen LogP contribution in [0.3, 0.4) is 0 Å². The standard InChI is InChI=1S/C11H14F3N3O2/c12-11(13,14)6-17(7-1-2-7)5-9-8(3-4-19-9)10(18)16-15/h3-4,7H,1-2,5-6,15H2,(H,16,18). The van der Waals surface area contributed by atoms with E-state index in [0.29, 0.717) is 0 Å². The maximum absolute atomic E-state index is 12.5. The van der Waals surface area contributed by atoms with Gasteiger partial charge in [0.2, 0.25) is 0 Å². The molecule has 2 rings (SSSR count). The van der Waals surface area contributed by atoms with Crippen LogP contribution < -0.4 is 11.3 Å². The number of rotatable bonds is 5. The smallest absolute Gasteiger partial charge is 0.401 e. The molecule has 0 aliphatic heterocycles. The van der Waals surface area contributed by atoms with Crippen LogP contribution in [0.4, 0.5) is 13.2 Å². The molecule has 1 aliphatic rings. The molecule has 1 saturated carbocycles. The van der Waals surface area contributed by atoms with Crippen LogP contribution in [0.15, 0.2) is 16.7 Å². The van der Waals surface area contributed by atoms with Crippen molar-refractivity contribution in [2.75, 3.05) is 6.54 Å². The summed E-state index contributed by atoms with van der Waals surface area (Å²) in [7, 11) is 0. The Morgan fingerprint density at radius 3 is 2.74 bits per heavy atom. The number of carbonyl (C=O) groups is 1. The van der Waals surface area contributed by atoms with Crippen LogP contribution in [0.2, 0.25) is 0 Å². The molecule has 106 valence electrons. The number of nitrogens with zero attached hydrogens (tertiary/aromatic N) is 1. The predicted molar refractivity (Wildman–Crippen MR) is 59.8 cm³/mol. The minimum absolute atomic E-state index is 0.0556. The fourth-order valence-electron chi connectivity index (χ4n) is 1.91. The van der Waals surface area contributed by atoms with Crippen molar-refractivity contribution in [3.05, 3.63) is 23.7 Å². The fraction of sp³-hybridized carbons (Fsp3) is 0.545. The third-order valence-electron chi connectivity index (χ3n) is 2.91. The van der Waals surface area contributed by atoms with Gasteiger partial charge < -0.3 is 4.42 Å². The third-order valence-corrected chi connectivity index (χ3v) is 2.91. The Balaban J connectivity index is 2.09. The van der Waals surface area contributed by atoms with Crippen LogP contribution in [0.1, 0.15) is 29.0 Å². The summed E-state index contributed by atoms with van der Waals surface area (Å²) >= 11 is 0. The zero-order chi connectivity index (χ0) is 14.0. The number of amides is 1. The first-order valence-corrected chi connectivity index (χ1v) is 5.79. The second-order valence-electron chi connectivity index (χ2n) is 4.48. The van der Waals surface area contributed by atoms with Gasteiger partial charge in [0.1, 0.15) is 5.76 Å². The van der Waals surface area contributed by atoms with Crippen LogP contribution in [-0.4, -0.2) is 29.6 Å². The highest BCUT2D eigenvalue weighted by Crippen LogP contribution is 2.32. The number of nitrogen functional groups attached to an aromatic ring is 1. The fourth-order valence-corrected chi connectivity index (χ4v) is 1.91. The summed E-state index contributed by atoms with van der Waals surface area (Å²) in [6.07, 6.45) is -1.55. The van der Waals surface area contributed by atoms with Gasteiger partial charge in [0.15, 0.2) is 0 Å². The molecule has 1 fully saturated rings. The molecule has 5 nitrogen and oxygen atoms in total. The molecule has 0 unspecified atom stereocenters. The van der Waals surface area contributed by atoms with E-state index in [-0.39, 0.29) is 23.9 Å². The van der Waals surface area contributed by atoms with E-state index in [4.69, 9.17) is 10.3 Å². The Kier molecular flexibility index (Phi) is 3.81. The Labute approximate surface area is 107 Å². The molecule has 1 amide bonds. The van der Waals surface area contributed by atoms with Crippen LogP contribution in [-0.2, 0) is 6.54 Å². The lowest BCUT2D eigenvalue weighted by atomic mass is 10.2. The van der Waals surface area contributed by atoms with Gasteiger partial charge in [-0.15, -0.1) is 0 Å². The van der Waals surface area contributed by atoms with Crippen molar-refractivity contribution in [2.24, 2.45) is 5.84 Å². The normalized spacial score (nSPS) is 15.8. The van der Waals surface area contributed by atoms with Crippen molar-refractivity contribution in [3.8, 4) is 0 Å². The minimum atomic E-state index is -4.27. The summed E-state index contributed by atoms with van der Waals surface area (Å²) in [5, 5.41) is 0. The number of hydrogen-bond donors (Lipinski definition) is 2. The first kappa shape index (κ1) is 13.9. The lowest BCUT2D eigenvalue weighted by Crippen LogP contribution is -2.36. The number of hydrazine groups is 1. The topological polar surface area (TPSA) is 71.5 Å². The number of furan rings is 1. The lowest BCUT2D eigenvalue weighted by molar-refractivity contribution is -0.148. The van der Waals surface area contributed by atoms with Crippen LogP contribution in [0.25, 0.3) is 0 Å². The van der Waals surface area contributed by atoms with Gasteiger partial charge in [-0.05, 0) is 18.9 Å². The molecule has 0 radical (unpaired) electrons. The van der Waals surface area contributed by atoms with Gasteiger partial charge in [0.25, 0.3) is 5.91 Å². The summed E-state index contributed by atoms with van der Waals surface area (Å²) in [5.74, 6) is 4.62. The second kappa shape index (κ2) is 5.22. The molecule has 0 atom stereocenters. The molecule has 1 aliphatic carbocycles. The van der Waals surface area contributed by atoms with Gasteiger partial charge >= 0.3 is 6.18 Å². The lowest BCUT2D eigenvalue weighted by Gasteiger charge is -2.22. The highest BCUT2D eigenvalue weighted by Gasteiger charge is 2.38. The minimum Gasteiger partial charge on any atom is -0.467 e. The molecule has 0 bridgehead atoms. The van der Waals surface area contributed by atoms with E-state index < -0.39 is 18.6 Å². The van der Waals surface area contributed by atoms with Gasteiger partial charge in [0.05, 0.1) is 24.9 Å². The zero-order valence-corrected chi connectivity index (χ0v) is 10.0. The molecular formula is C11H14F3N3O2. The van der Waals surface area contributed by atoms with Crippen molar-refractivity contribution in [1.82, 2.24) is 10.3 Å². The van der Waals surface area contributed by atoms with Crippen molar-refractivity contribution in [2.45, 2.75) is 31.6 Å². The first-order chi connectivity index (χ1) is 8.90. The van der Waals surface area contributed by atoms with Gasteiger partial charge in [-0.3, -0.25) is 15.1 Å². The van der Waals surface area contributed by atoms with Crippen LogP contribution in [0.5, 0.6) is 0 Å². The van der Waals surface area contributed by atoms with E-state index in [1.807, 2.05) is 5.43 Å². The van der Waals surface area contributed by atoms with Gasteiger partial charge in [0, 0.05) is 6.04 Å². The Morgan fingerprint density at radius 1 is 1.53 bits per heavy atom. The monoisotopic (exact) mass is 277 g/mol. The Bertz CT molecular complexity index is 454. The molecule has 1 heterocycles. The van der Waals surface area contributed by atoms with Crippen LogP contribution >= 0.6 is 0 Å². The summed E-state index contributed by atoms with van der Waals surface area (Å²) in [6, 6.07) is 1.29. The van der Waals surface area contributed by atoms with Crippen molar-refractivity contribution < 1.29 is 22.4 Å². The summed E-state index contributed by atoms with van der Waals surface area (Å²) in [6.45, 7) is -1.07. The van der Waals surface area contributed by atoms with Crippen molar-refractivity contribution in [3.63, 3.8) is 0 Å². The van der Waals surface area contributed by atoms with E-state index in [1.54, 1.807) is 0 Å². The maximum atomic E-state index is 12.5. The number of nitrogens with two attached hydrogens (primary N) is 1. The largest absolute Gasteiger partial charge is 0.467 e. The SMILES string of the molecule is NNC(=O)c1ccoc1CN(CC(F)(F)F)C1CC1. The molecule has 8 heteroatoms. The van der Waals surface area contributed by atoms with E-state index in [9.17, 15) is 18.0 Å². The molecule has 3 N–H and O–H groups in total. The summed E-state index contributed by atoms with van der Waals surface area (Å²) < 4.78 is 42.5. The van der Waals surface area contributed by atoms with Gasteiger partial charge in [-0.2, -0.15) is 13.2 Å². The second-order valence-corrected chi connectivity index (χ2v) is 4.48. The van der Waals surface area contributed by atoms with E-state index in [1.165, 1.54) is 17.2 Å². The van der Waals surface area contributed by atoms with E-state index in [0.717, 1.165) is 12.8 Å². The van der Waals surface area contributed by atoms with Gasteiger partial charge in [-0.25, -0.2) is 5.84 Å². The van der Waals surface area contributed by atoms with Gasteiger partial charge in [-0.1, -0.05) is 0 Å². The highest BCUT2D eigenvalue weighted by atomic mass is 19.4. The molecule has 0 aromatic carbocycles. The summed E-state index contributed by atoms with van der Waals surface area (Å²) in [5.41, 5.74) is 2.10. The molecule has 0 saturated heterocycles. The van der Waals surface area contributed by atoms with E-state index >= 15 is 0 Å². The number of nitrogens with one attached hydrogen (secondary N) is 1. The summed E-state index contributed by atoms with van der Waals surface area (Å²) in [4.78, 5) is 12.7. The molecule has 1 aromatic rings. The molecule has 19 heavy (non-hydrogen) atoms. The average Bonchev–Trinajstić information content (AvgIpc) is 3.07. The molecule has 0 spiro atoms. The van der Waals surface area contributed by atoms with Crippen molar-refractivity contribution in [1.29, 1.82) is 0 Å². The quantitative estimate of drug-likeness (QED) is 0.485. The number of hydrogen-bond acceptors (Lipinski definition) is 4. The maximum Gasteiger partial charge on any atom is 0.401 e. The van der Waals surface area contributed by atoms with Crippen molar-refractivity contribution >= 4 is 5.91 Å².